The van der Waals surface area contributed by atoms with E-state index in [0.717, 1.165) is 22.6 Å². The summed E-state index contributed by atoms with van der Waals surface area (Å²) in [6.45, 7) is 8.26. The van der Waals surface area contributed by atoms with Gasteiger partial charge in [-0.1, -0.05) is 38.1 Å². The Balaban J connectivity index is 1.78. The van der Waals surface area contributed by atoms with Crippen LogP contribution in [-0.2, 0) is 11.2 Å². The number of thiophene rings is 1. The summed E-state index contributed by atoms with van der Waals surface area (Å²) in [7, 11) is 0. The van der Waals surface area contributed by atoms with Gasteiger partial charge in [0.05, 0.1) is 23.8 Å². The second kappa shape index (κ2) is 7.87. The van der Waals surface area contributed by atoms with Gasteiger partial charge in [0.1, 0.15) is 0 Å². The first-order chi connectivity index (χ1) is 12.5. The highest BCUT2D eigenvalue weighted by Gasteiger charge is 2.21. The van der Waals surface area contributed by atoms with Gasteiger partial charge in [0.25, 0.3) is 0 Å². The summed E-state index contributed by atoms with van der Waals surface area (Å²) in [6, 6.07) is 14.2. The summed E-state index contributed by atoms with van der Waals surface area (Å²) in [4.78, 5) is 13.9. The number of aromatic nitrogens is 2. The van der Waals surface area contributed by atoms with Crippen molar-refractivity contribution in [3.05, 3.63) is 69.7 Å². The molecule has 0 aliphatic heterocycles. The average molecular weight is 368 g/mol. The van der Waals surface area contributed by atoms with Gasteiger partial charge >= 0.3 is 0 Å². The molecule has 1 atom stereocenters. The Morgan fingerprint density at radius 3 is 2.50 bits per heavy atom. The van der Waals surface area contributed by atoms with E-state index < -0.39 is 0 Å². The minimum absolute atomic E-state index is 0.0379. The Morgan fingerprint density at radius 1 is 1.15 bits per heavy atom. The molecule has 4 nitrogen and oxygen atoms in total. The van der Waals surface area contributed by atoms with Crippen LogP contribution in [0, 0.1) is 19.8 Å². The molecule has 1 N–H and O–H groups in total. The van der Waals surface area contributed by atoms with E-state index in [4.69, 9.17) is 0 Å². The molecule has 0 fully saturated rings. The Hall–Kier alpha value is -2.40. The molecule has 0 aliphatic rings. The fourth-order valence-electron chi connectivity index (χ4n) is 3.17. The van der Waals surface area contributed by atoms with Crippen molar-refractivity contribution < 1.29 is 4.79 Å². The summed E-state index contributed by atoms with van der Waals surface area (Å²) >= 11 is 1.68. The predicted molar refractivity (Wildman–Crippen MR) is 107 cm³/mol. The van der Waals surface area contributed by atoms with E-state index in [1.54, 1.807) is 11.3 Å². The second-order valence-corrected chi connectivity index (χ2v) is 7.86. The number of carbonyl (C=O) groups excluding carboxylic acids is 1. The van der Waals surface area contributed by atoms with Crippen molar-refractivity contribution in [3.8, 4) is 5.69 Å². The summed E-state index contributed by atoms with van der Waals surface area (Å²) < 4.78 is 1.91. The normalized spacial score (nSPS) is 12.3. The van der Waals surface area contributed by atoms with Gasteiger partial charge in [-0.25, -0.2) is 4.68 Å². The maximum absolute atomic E-state index is 12.7. The van der Waals surface area contributed by atoms with E-state index in [0.29, 0.717) is 12.3 Å². The van der Waals surface area contributed by atoms with Crippen LogP contribution in [0.5, 0.6) is 0 Å². The van der Waals surface area contributed by atoms with Crippen molar-refractivity contribution in [2.75, 3.05) is 0 Å². The van der Waals surface area contributed by atoms with Crippen LogP contribution >= 0.6 is 11.3 Å². The monoisotopic (exact) mass is 367 g/mol. The molecule has 0 radical (unpaired) electrons. The van der Waals surface area contributed by atoms with E-state index in [-0.39, 0.29) is 11.9 Å². The number of hydrogen-bond acceptors (Lipinski definition) is 3. The molecule has 5 heteroatoms. The largest absolute Gasteiger partial charge is 0.348 e. The molecule has 0 saturated heterocycles. The number of benzene rings is 1. The van der Waals surface area contributed by atoms with Crippen LogP contribution in [0.1, 0.15) is 41.7 Å². The van der Waals surface area contributed by atoms with Crippen LogP contribution in [0.4, 0.5) is 0 Å². The van der Waals surface area contributed by atoms with Gasteiger partial charge in [-0.2, -0.15) is 5.10 Å². The Morgan fingerprint density at radius 2 is 1.88 bits per heavy atom. The number of nitrogens with zero attached hydrogens (tertiary/aromatic N) is 2. The number of hydrogen-bond donors (Lipinski definition) is 1. The number of aryl methyl sites for hydroxylation is 1. The van der Waals surface area contributed by atoms with Crippen LogP contribution < -0.4 is 5.32 Å². The molecule has 1 amide bonds. The van der Waals surface area contributed by atoms with Gasteiger partial charge in [0.15, 0.2) is 0 Å². The maximum atomic E-state index is 12.7. The highest BCUT2D eigenvalue weighted by molar-refractivity contribution is 7.10. The number of para-hydroxylation sites is 1. The van der Waals surface area contributed by atoms with Crippen molar-refractivity contribution in [2.45, 2.75) is 40.2 Å². The van der Waals surface area contributed by atoms with Gasteiger partial charge < -0.3 is 5.32 Å². The zero-order chi connectivity index (χ0) is 18.7. The minimum Gasteiger partial charge on any atom is -0.348 e. The van der Waals surface area contributed by atoms with Crippen LogP contribution in [0.15, 0.2) is 47.8 Å². The van der Waals surface area contributed by atoms with Crippen molar-refractivity contribution >= 4 is 17.2 Å². The number of nitrogens with one attached hydrogen (secondary N) is 1. The molecule has 0 spiro atoms. The predicted octanol–water partition coefficient (Wildman–Crippen LogP) is 4.61. The lowest BCUT2D eigenvalue weighted by Gasteiger charge is -2.21. The molecule has 3 aromatic rings. The molecule has 2 aromatic heterocycles. The summed E-state index contributed by atoms with van der Waals surface area (Å²) in [5.41, 5.74) is 3.93. The lowest BCUT2D eigenvalue weighted by Crippen LogP contribution is -2.32. The van der Waals surface area contributed by atoms with Gasteiger partial charge in [0.2, 0.25) is 5.91 Å². The Kier molecular flexibility index (Phi) is 5.57. The highest BCUT2D eigenvalue weighted by atomic mass is 32.1. The van der Waals surface area contributed by atoms with E-state index in [1.807, 2.05) is 54.9 Å². The van der Waals surface area contributed by atoms with Crippen LogP contribution in [0.2, 0.25) is 0 Å². The number of rotatable bonds is 6. The van der Waals surface area contributed by atoms with Gasteiger partial charge in [-0.05, 0) is 43.3 Å². The van der Waals surface area contributed by atoms with Crippen LogP contribution in [-0.4, -0.2) is 15.7 Å². The summed E-state index contributed by atoms with van der Waals surface area (Å²) in [5.74, 6) is 0.378. The van der Waals surface area contributed by atoms with Gasteiger partial charge in [-0.3, -0.25) is 4.79 Å². The number of amides is 1. The first kappa shape index (κ1) is 18.4. The third-order valence-electron chi connectivity index (χ3n) is 4.61. The smallest absolute Gasteiger partial charge is 0.225 e. The Labute approximate surface area is 158 Å². The standard InChI is InChI=1S/C21H25N3OS/c1-14(2)21(19-11-8-12-26-19)22-20(25)13-18-15(3)23-24(16(18)4)17-9-6-5-7-10-17/h5-12,14,21H,13H2,1-4H3,(H,22,25)/t21-/m0/s1. The van der Waals surface area contributed by atoms with Crippen LogP contribution in [0.25, 0.3) is 5.69 Å². The quantitative estimate of drug-likeness (QED) is 0.692. The molecule has 0 bridgehead atoms. The Bertz CT molecular complexity index is 866. The molecular formula is C21H25N3OS. The molecule has 0 saturated carbocycles. The highest BCUT2D eigenvalue weighted by Crippen LogP contribution is 2.26. The van der Waals surface area contributed by atoms with Crippen molar-refractivity contribution in [1.29, 1.82) is 0 Å². The lowest BCUT2D eigenvalue weighted by molar-refractivity contribution is -0.121. The molecular weight excluding hydrogens is 342 g/mol. The van der Waals surface area contributed by atoms with Gasteiger partial charge in [0, 0.05) is 16.1 Å². The first-order valence-corrected chi connectivity index (χ1v) is 9.78. The second-order valence-electron chi connectivity index (χ2n) is 6.88. The third kappa shape index (κ3) is 3.88. The molecule has 2 heterocycles. The molecule has 0 aliphatic carbocycles. The van der Waals surface area contributed by atoms with E-state index in [2.05, 4.69) is 35.7 Å². The molecule has 3 rings (SSSR count). The molecule has 0 unspecified atom stereocenters. The maximum Gasteiger partial charge on any atom is 0.225 e. The minimum atomic E-state index is 0.0379. The molecule has 136 valence electrons. The summed E-state index contributed by atoms with van der Waals surface area (Å²) in [6.07, 6.45) is 0.346. The first-order valence-electron chi connectivity index (χ1n) is 8.90. The van der Waals surface area contributed by atoms with Crippen LogP contribution in [0.3, 0.4) is 0 Å². The molecule has 1 aromatic carbocycles. The molecule has 26 heavy (non-hydrogen) atoms. The number of carbonyl (C=O) groups is 1. The SMILES string of the molecule is Cc1nn(-c2ccccc2)c(C)c1CC(=O)N[C@H](c1cccs1)C(C)C. The zero-order valence-corrected chi connectivity index (χ0v) is 16.5. The van der Waals surface area contributed by atoms with Crippen molar-refractivity contribution in [1.82, 2.24) is 15.1 Å². The lowest BCUT2D eigenvalue weighted by atomic mass is 10.0. The topological polar surface area (TPSA) is 46.9 Å². The van der Waals surface area contributed by atoms with Crippen molar-refractivity contribution in [3.63, 3.8) is 0 Å². The average Bonchev–Trinajstić information content (AvgIpc) is 3.24. The van der Waals surface area contributed by atoms with E-state index >= 15 is 0 Å². The fraction of sp³-hybridized carbons (Fsp3) is 0.333. The summed E-state index contributed by atoms with van der Waals surface area (Å²) in [5, 5.41) is 9.89. The van der Waals surface area contributed by atoms with Gasteiger partial charge in [-0.15, -0.1) is 11.3 Å². The fourth-order valence-corrected chi connectivity index (χ4v) is 4.12. The zero-order valence-electron chi connectivity index (χ0n) is 15.7. The van der Waals surface area contributed by atoms with E-state index in [9.17, 15) is 4.79 Å². The van der Waals surface area contributed by atoms with E-state index in [1.165, 1.54) is 4.88 Å². The third-order valence-corrected chi connectivity index (χ3v) is 5.57. The van der Waals surface area contributed by atoms with Crippen molar-refractivity contribution in [2.24, 2.45) is 5.92 Å².